The number of nitrogens with one attached hydrogen (secondary N) is 1. The van der Waals surface area contributed by atoms with Crippen LogP contribution in [-0.2, 0) is 11.2 Å². The molecule has 0 amide bonds. The summed E-state index contributed by atoms with van der Waals surface area (Å²) in [6, 6.07) is 5.05. The van der Waals surface area contributed by atoms with Gasteiger partial charge in [-0.15, -0.1) is 10.2 Å². The molecule has 1 aromatic heterocycles. The van der Waals surface area contributed by atoms with Crippen LogP contribution in [0.5, 0.6) is 0 Å². The number of methoxy groups -OCH3 is 1. The van der Waals surface area contributed by atoms with Gasteiger partial charge in [0.2, 0.25) is 0 Å². The van der Waals surface area contributed by atoms with Crippen molar-refractivity contribution in [3.05, 3.63) is 34.6 Å². The fourth-order valence-corrected chi connectivity index (χ4v) is 2.83. The summed E-state index contributed by atoms with van der Waals surface area (Å²) in [5.74, 6) is -0.246. The van der Waals surface area contributed by atoms with Crippen LogP contribution < -0.4 is 5.32 Å². The quantitative estimate of drug-likeness (QED) is 0.762. The van der Waals surface area contributed by atoms with Gasteiger partial charge in [-0.1, -0.05) is 23.0 Å². The number of aromatic nitrogens is 2. The summed E-state index contributed by atoms with van der Waals surface area (Å²) in [5.41, 5.74) is 1.56. The van der Waals surface area contributed by atoms with Crippen LogP contribution in [0.1, 0.15) is 17.0 Å². The van der Waals surface area contributed by atoms with Crippen molar-refractivity contribution in [1.29, 1.82) is 0 Å². The van der Waals surface area contributed by atoms with E-state index in [0.29, 0.717) is 10.6 Å². The van der Waals surface area contributed by atoms with Crippen molar-refractivity contribution in [1.82, 2.24) is 15.5 Å². The molecular formula is C15H20FN3OS. The van der Waals surface area contributed by atoms with E-state index in [2.05, 4.69) is 15.5 Å². The molecule has 0 bridgehead atoms. The van der Waals surface area contributed by atoms with E-state index in [1.54, 1.807) is 13.2 Å². The van der Waals surface area contributed by atoms with E-state index in [1.165, 1.54) is 17.4 Å². The van der Waals surface area contributed by atoms with Crippen molar-refractivity contribution in [2.24, 2.45) is 0 Å². The maximum absolute atomic E-state index is 13.8. The third-order valence-electron chi connectivity index (χ3n) is 3.05. The highest BCUT2D eigenvalue weighted by Gasteiger charge is 2.11. The SMILES string of the molecule is COCCNCCCc1nnc(-c2cc(C)ccc2F)s1. The molecule has 2 rings (SSSR count). The molecule has 2 aromatic rings. The van der Waals surface area contributed by atoms with Crippen molar-refractivity contribution < 1.29 is 9.13 Å². The molecule has 0 radical (unpaired) electrons. The summed E-state index contributed by atoms with van der Waals surface area (Å²) in [6.45, 7) is 4.43. The fourth-order valence-electron chi connectivity index (χ4n) is 1.93. The molecule has 21 heavy (non-hydrogen) atoms. The van der Waals surface area contributed by atoms with Gasteiger partial charge in [-0.2, -0.15) is 0 Å². The zero-order valence-electron chi connectivity index (χ0n) is 12.4. The van der Waals surface area contributed by atoms with Crippen LogP contribution in [0.15, 0.2) is 18.2 Å². The zero-order chi connectivity index (χ0) is 15.1. The van der Waals surface area contributed by atoms with Gasteiger partial charge in [-0.25, -0.2) is 4.39 Å². The number of nitrogens with zero attached hydrogens (tertiary/aromatic N) is 2. The Bertz CT molecular complexity index is 574. The van der Waals surface area contributed by atoms with Crippen molar-refractivity contribution >= 4 is 11.3 Å². The summed E-state index contributed by atoms with van der Waals surface area (Å²) < 4.78 is 18.8. The second-order valence-corrected chi connectivity index (χ2v) is 5.89. The van der Waals surface area contributed by atoms with Crippen molar-refractivity contribution in [3.8, 4) is 10.6 Å². The van der Waals surface area contributed by atoms with E-state index < -0.39 is 0 Å². The van der Waals surface area contributed by atoms with E-state index in [0.717, 1.165) is 43.1 Å². The molecule has 0 unspecified atom stereocenters. The van der Waals surface area contributed by atoms with Crippen molar-refractivity contribution in [2.45, 2.75) is 19.8 Å². The number of rotatable bonds is 8. The smallest absolute Gasteiger partial charge is 0.150 e. The lowest BCUT2D eigenvalue weighted by Gasteiger charge is -2.02. The number of halogens is 1. The number of hydrogen-bond acceptors (Lipinski definition) is 5. The van der Waals surface area contributed by atoms with Gasteiger partial charge in [0.15, 0.2) is 5.01 Å². The highest BCUT2D eigenvalue weighted by Crippen LogP contribution is 2.27. The minimum Gasteiger partial charge on any atom is -0.383 e. The number of aryl methyl sites for hydroxylation is 2. The largest absolute Gasteiger partial charge is 0.383 e. The molecule has 0 aliphatic heterocycles. The van der Waals surface area contributed by atoms with Crippen molar-refractivity contribution in [3.63, 3.8) is 0 Å². The minimum atomic E-state index is -0.246. The summed E-state index contributed by atoms with van der Waals surface area (Å²) in [4.78, 5) is 0. The molecule has 0 aliphatic rings. The zero-order valence-corrected chi connectivity index (χ0v) is 13.2. The van der Waals surface area contributed by atoms with Gasteiger partial charge in [0, 0.05) is 25.6 Å². The Morgan fingerprint density at radius 2 is 2.14 bits per heavy atom. The van der Waals surface area contributed by atoms with Gasteiger partial charge >= 0.3 is 0 Å². The van der Waals surface area contributed by atoms with Crippen LogP contribution >= 0.6 is 11.3 Å². The number of benzene rings is 1. The van der Waals surface area contributed by atoms with Gasteiger partial charge < -0.3 is 10.1 Å². The molecule has 1 aromatic carbocycles. The highest BCUT2D eigenvalue weighted by molar-refractivity contribution is 7.14. The second kappa shape index (κ2) is 8.17. The predicted octanol–water partition coefficient (Wildman–Crippen LogP) is 2.82. The first-order valence-corrected chi connectivity index (χ1v) is 7.81. The first-order chi connectivity index (χ1) is 10.2. The van der Waals surface area contributed by atoms with E-state index in [9.17, 15) is 4.39 Å². The summed E-state index contributed by atoms with van der Waals surface area (Å²) >= 11 is 1.46. The average Bonchev–Trinajstić information content (AvgIpc) is 2.94. The molecule has 0 spiro atoms. The summed E-state index contributed by atoms with van der Waals surface area (Å²) in [5, 5.41) is 13.1. The Balaban J connectivity index is 1.88. The average molecular weight is 309 g/mol. The highest BCUT2D eigenvalue weighted by atomic mass is 32.1. The first-order valence-electron chi connectivity index (χ1n) is 6.99. The maximum atomic E-state index is 13.8. The van der Waals surface area contributed by atoms with Gasteiger partial charge in [0.25, 0.3) is 0 Å². The van der Waals surface area contributed by atoms with Crippen LogP contribution in [0.25, 0.3) is 10.6 Å². The lowest BCUT2D eigenvalue weighted by molar-refractivity contribution is 0.199. The van der Waals surface area contributed by atoms with E-state index in [4.69, 9.17) is 4.74 Å². The van der Waals surface area contributed by atoms with Crippen LogP contribution in [0, 0.1) is 12.7 Å². The lowest BCUT2D eigenvalue weighted by Crippen LogP contribution is -2.20. The van der Waals surface area contributed by atoms with E-state index in [-0.39, 0.29) is 5.82 Å². The summed E-state index contributed by atoms with van der Waals surface area (Å²) in [7, 11) is 1.69. The molecule has 0 saturated carbocycles. The molecule has 0 fully saturated rings. The first kappa shape index (κ1) is 16.0. The number of hydrogen-bond donors (Lipinski definition) is 1. The van der Waals surface area contributed by atoms with E-state index >= 15 is 0 Å². The van der Waals surface area contributed by atoms with Gasteiger partial charge in [-0.3, -0.25) is 0 Å². The van der Waals surface area contributed by atoms with Crippen LogP contribution in [0.3, 0.4) is 0 Å². The van der Waals surface area contributed by atoms with E-state index in [1.807, 2.05) is 13.0 Å². The Kier molecular flexibility index (Phi) is 6.22. The van der Waals surface area contributed by atoms with Crippen molar-refractivity contribution in [2.75, 3.05) is 26.8 Å². The number of ether oxygens (including phenoxy) is 1. The Morgan fingerprint density at radius 3 is 2.95 bits per heavy atom. The van der Waals surface area contributed by atoms with Gasteiger partial charge in [0.1, 0.15) is 10.8 Å². The monoisotopic (exact) mass is 309 g/mol. The Morgan fingerprint density at radius 1 is 1.29 bits per heavy atom. The predicted molar refractivity (Wildman–Crippen MR) is 83.1 cm³/mol. The molecule has 6 heteroatoms. The van der Waals surface area contributed by atoms with Crippen LogP contribution in [0.4, 0.5) is 4.39 Å². The molecule has 0 atom stereocenters. The van der Waals surface area contributed by atoms with Gasteiger partial charge in [0.05, 0.1) is 6.61 Å². The molecular weight excluding hydrogens is 289 g/mol. The molecule has 0 aliphatic carbocycles. The summed E-state index contributed by atoms with van der Waals surface area (Å²) in [6.07, 6.45) is 1.83. The Labute approximate surface area is 128 Å². The standard InChI is InChI=1S/C15H20FN3OS/c1-11-5-6-13(16)12(10-11)15-19-18-14(21-15)4-3-7-17-8-9-20-2/h5-6,10,17H,3-4,7-9H2,1-2H3. The van der Waals surface area contributed by atoms with Crippen LogP contribution in [-0.4, -0.2) is 37.0 Å². The van der Waals surface area contributed by atoms with Gasteiger partial charge in [-0.05, 0) is 32.0 Å². The second-order valence-electron chi connectivity index (χ2n) is 4.83. The molecule has 0 saturated heterocycles. The lowest BCUT2D eigenvalue weighted by atomic mass is 10.1. The third-order valence-corrected chi connectivity index (χ3v) is 4.06. The topological polar surface area (TPSA) is 47.0 Å². The molecule has 4 nitrogen and oxygen atoms in total. The molecule has 1 heterocycles. The van der Waals surface area contributed by atoms with Crippen LogP contribution in [0.2, 0.25) is 0 Å². The maximum Gasteiger partial charge on any atom is 0.150 e. The molecule has 1 N–H and O–H groups in total. The fraction of sp³-hybridized carbons (Fsp3) is 0.467. The molecule has 114 valence electrons. The minimum absolute atomic E-state index is 0.246. The Hall–Kier alpha value is -1.37. The normalized spacial score (nSPS) is 11.0. The third kappa shape index (κ3) is 4.84.